The summed E-state index contributed by atoms with van der Waals surface area (Å²) in [4.78, 5) is 13.5. The lowest BCUT2D eigenvalue weighted by atomic mass is 9.88. The number of halogens is 1. The van der Waals surface area contributed by atoms with E-state index in [0.717, 1.165) is 38.0 Å². The summed E-state index contributed by atoms with van der Waals surface area (Å²) in [6, 6.07) is 13.9. The molecule has 0 bridgehead atoms. The molecule has 1 aliphatic rings. The van der Waals surface area contributed by atoms with E-state index in [1.807, 2.05) is 12.1 Å². The number of piperidine rings is 1. The molecule has 0 aromatic heterocycles. The minimum atomic E-state index is -0.860. The number of carboxylic acids is 1. The number of hydrogen-bond donors (Lipinski definition) is 1. The number of nitrogens with zero attached hydrogens (tertiary/aromatic N) is 1. The predicted octanol–water partition coefficient (Wildman–Crippen LogP) is 4.84. The van der Waals surface area contributed by atoms with Gasteiger partial charge in [-0.25, -0.2) is 4.79 Å². The van der Waals surface area contributed by atoms with Crippen LogP contribution in [0.4, 0.5) is 0 Å². The van der Waals surface area contributed by atoms with E-state index in [9.17, 15) is 4.79 Å². The summed E-state index contributed by atoms with van der Waals surface area (Å²) in [6.07, 6.45) is 2.30. The number of aryl methyl sites for hydroxylation is 1. The molecule has 1 heterocycles. The lowest BCUT2D eigenvalue weighted by Gasteiger charge is -2.32. The van der Waals surface area contributed by atoms with Crippen molar-refractivity contribution < 1.29 is 9.90 Å². The SMILES string of the molecule is Cc1cc(C2CCN(Cc3cccc(C(=O)O)c3)CC2)ccc1Br. The first-order valence-corrected chi connectivity index (χ1v) is 9.13. The van der Waals surface area contributed by atoms with Crippen LogP contribution in [-0.4, -0.2) is 29.1 Å². The Kier molecular flexibility index (Phi) is 5.36. The van der Waals surface area contributed by atoms with Gasteiger partial charge in [-0.15, -0.1) is 0 Å². The van der Waals surface area contributed by atoms with E-state index >= 15 is 0 Å². The second-order valence-corrected chi connectivity index (χ2v) is 7.42. The second kappa shape index (κ2) is 7.49. The molecule has 24 heavy (non-hydrogen) atoms. The van der Waals surface area contributed by atoms with Gasteiger partial charge in [0.2, 0.25) is 0 Å². The number of likely N-dealkylation sites (tertiary alicyclic amines) is 1. The van der Waals surface area contributed by atoms with Crippen LogP contribution in [0.1, 0.15) is 45.8 Å². The molecule has 0 saturated carbocycles. The van der Waals surface area contributed by atoms with Gasteiger partial charge in [-0.05, 0) is 73.7 Å². The molecule has 0 unspecified atom stereocenters. The van der Waals surface area contributed by atoms with Gasteiger partial charge in [-0.2, -0.15) is 0 Å². The molecule has 126 valence electrons. The summed E-state index contributed by atoms with van der Waals surface area (Å²) in [5.41, 5.74) is 4.17. The largest absolute Gasteiger partial charge is 0.478 e. The summed E-state index contributed by atoms with van der Waals surface area (Å²) < 4.78 is 1.17. The number of hydrogen-bond acceptors (Lipinski definition) is 2. The van der Waals surface area contributed by atoms with E-state index in [-0.39, 0.29) is 0 Å². The monoisotopic (exact) mass is 387 g/mol. The van der Waals surface area contributed by atoms with Crippen LogP contribution < -0.4 is 0 Å². The molecule has 2 aromatic rings. The second-order valence-electron chi connectivity index (χ2n) is 6.56. The van der Waals surface area contributed by atoms with Gasteiger partial charge in [0.1, 0.15) is 0 Å². The van der Waals surface area contributed by atoms with Crippen molar-refractivity contribution in [1.29, 1.82) is 0 Å². The maximum atomic E-state index is 11.1. The minimum Gasteiger partial charge on any atom is -0.478 e. The van der Waals surface area contributed by atoms with Crippen LogP contribution in [0.25, 0.3) is 0 Å². The van der Waals surface area contributed by atoms with E-state index in [1.54, 1.807) is 12.1 Å². The Morgan fingerprint density at radius 1 is 1.21 bits per heavy atom. The van der Waals surface area contributed by atoms with E-state index < -0.39 is 5.97 Å². The van der Waals surface area contributed by atoms with Gasteiger partial charge in [-0.3, -0.25) is 4.90 Å². The van der Waals surface area contributed by atoms with E-state index in [4.69, 9.17) is 5.11 Å². The predicted molar refractivity (Wildman–Crippen MR) is 99.5 cm³/mol. The highest BCUT2D eigenvalue weighted by Gasteiger charge is 2.21. The van der Waals surface area contributed by atoms with Gasteiger partial charge in [0.05, 0.1) is 5.56 Å². The topological polar surface area (TPSA) is 40.5 Å². The van der Waals surface area contributed by atoms with Crippen LogP contribution in [0.3, 0.4) is 0 Å². The van der Waals surface area contributed by atoms with Gasteiger partial charge < -0.3 is 5.11 Å². The Balaban J connectivity index is 1.60. The Hall–Kier alpha value is -1.65. The fourth-order valence-corrected chi connectivity index (χ4v) is 3.65. The zero-order chi connectivity index (χ0) is 17.1. The van der Waals surface area contributed by atoms with Crippen LogP contribution in [0.5, 0.6) is 0 Å². The summed E-state index contributed by atoms with van der Waals surface area (Å²) in [5.74, 6) is -0.237. The van der Waals surface area contributed by atoms with Gasteiger partial charge in [0, 0.05) is 11.0 Å². The van der Waals surface area contributed by atoms with Crippen LogP contribution in [0.2, 0.25) is 0 Å². The molecule has 0 aliphatic carbocycles. The summed E-state index contributed by atoms with van der Waals surface area (Å²) in [7, 11) is 0. The summed E-state index contributed by atoms with van der Waals surface area (Å²) in [6.45, 7) is 5.07. The standard InChI is InChI=1S/C20H22BrNO2/c1-14-11-17(5-6-19(14)21)16-7-9-22(10-8-16)13-15-3-2-4-18(12-15)20(23)24/h2-6,11-12,16H,7-10,13H2,1H3,(H,23,24). The Bertz CT molecular complexity index is 736. The van der Waals surface area contributed by atoms with Crippen molar-refractivity contribution in [3.05, 3.63) is 69.2 Å². The third-order valence-electron chi connectivity index (χ3n) is 4.82. The maximum absolute atomic E-state index is 11.1. The van der Waals surface area contributed by atoms with Crippen molar-refractivity contribution in [1.82, 2.24) is 4.90 Å². The molecule has 4 heteroatoms. The summed E-state index contributed by atoms with van der Waals surface area (Å²) in [5, 5.41) is 9.10. The van der Waals surface area contributed by atoms with Crippen molar-refractivity contribution in [2.24, 2.45) is 0 Å². The molecule has 1 N–H and O–H groups in total. The van der Waals surface area contributed by atoms with Crippen molar-refractivity contribution in [2.75, 3.05) is 13.1 Å². The van der Waals surface area contributed by atoms with Gasteiger partial charge >= 0.3 is 5.97 Å². The molecule has 0 atom stereocenters. The normalized spacial score (nSPS) is 16.2. The quantitative estimate of drug-likeness (QED) is 0.815. The lowest BCUT2D eigenvalue weighted by Crippen LogP contribution is -2.32. The Morgan fingerprint density at radius 2 is 1.96 bits per heavy atom. The third-order valence-corrected chi connectivity index (χ3v) is 5.71. The molecule has 3 rings (SSSR count). The smallest absolute Gasteiger partial charge is 0.335 e. The average molecular weight is 388 g/mol. The van der Waals surface area contributed by atoms with Crippen molar-refractivity contribution >= 4 is 21.9 Å². The van der Waals surface area contributed by atoms with E-state index in [2.05, 4.69) is 46.0 Å². The van der Waals surface area contributed by atoms with Crippen LogP contribution in [0.15, 0.2) is 46.9 Å². The number of benzene rings is 2. The molecule has 3 nitrogen and oxygen atoms in total. The molecular weight excluding hydrogens is 366 g/mol. The molecule has 0 amide bonds. The van der Waals surface area contributed by atoms with Crippen molar-refractivity contribution in [2.45, 2.75) is 32.2 Å². The highest BCUT2D eigenvalue weighted by Crippen LogP contribution is 2.31. The minimum absolute atomic E-state index is 0.368. The summed E-state index contributed by atoms with van der Waals surface area (Å²) >= 11 is 3.57. The molecule has 1 aliphatic heterocycles. The van der Waals surface area contributed by atoms with Crippen LogP contribution >= 0.6 is 15.9 Å². The molecule has 0 radical (unpaired) electrons. The van der Waals surface area contributed by atoms with Crippen LogP contribution in [0, 0.1) is 6.92 Å². The Labute approximate surface area is 151 Å². The number of carboxylic acid groups (broad SMARTS) is 1. The number of rotatable bonds is 4. The average Bonchev–Trinajstić information content (AvgIpc) is 2.58. The number of aromatic carboxylic acids is 1. The zero-order valence-corrected chi connectivity index (χ0v) is 15.4. The fraction of sp³-hybridized carbons (Fsp3) is 0.350. The van der Waals surface area contributed by atoms with Crippen molar-refractivity contribution in [3.8, 4) is 0 Å². The van der Waals surface area contributed by atoms with E-state index in [0.29, 0.717) is 11.5 Å². The first-order chi connectivity index (χ1) is 11.5. The Morgan fingerprint density at radius 3 is 2.62 bits per heavy atom. The molecule has 2 aromatic carbocycles. The highest BCUT2D eigenvalue weighted by atomic mass is 79.9. The number of carbonyl (C=O) groups is 1. The third kappa shape index (κ3) is 4.05. The molecule has 1 saturated heterocycles. The van der Waals surface area contributed by atoms with Gasteiger partial charge in [0.15, 0.2) is 0 Å². The van der Waals surface area contributed by atoms with Crippen molar-refractivity contribution in [3.63, 3.8) is 0 Å². The van der Waals surface area contributed by atoms with Gasteiger partial charge in [0.25, 0.3) is 0 Å². The highest BCUT2D eigenvalue weighted by molar-refractivity contribution is 9.10. The molecular formula is C20H22BrNO2. The van der Waals surface area contributed by atoms with E-state index in [1.165, 1.54) is 15.6 Å². The van der Waals surface area contributed by atoms with Crippen LogP contribution in [-0.2, 0) is 6.54 Å². The van der Waals surface area contributed by atoms with Gasteiger partial charge in [-0.1, -0.05) is 40.2 Å². The molecule has 0 spiro atoms. The first kappa shape index (κ1) is 17.2. The fourth-order valence-electron chi connectivity index (χ4n) is 3.41. The first-order valence-electron chi connectivity index (χ1n) is 8.33. The molecule has 1 fully saturated rings. The maximum Gasteiger partial charge on any atom is 0.335 e. The zero-order valence-electron chi connectivity index (χ0n) is 13.8. The lowest BCUT2D eigenvalue weighted by molar-refractivity contribution is 0.0696.